The van der Waals surface area contributed by atoms with Crippen molar-refractivity contribution in [3.63, 3.8) is 0 Å². The summed E-state index contributed by atoms with van der Waals surface area (Å²) in [6, 6.07) is 11.7. The molecule has 7 nitrogen and oxygen atoms in total. The Morgan fingerprint density at radius 2 is 1.86 bits per heavy atom. The first-order valence-corrected chi connectivity index (χ1v) is 9.74. The summed E-state index contributed by atoms with van der Waals surface area (Å²) < 4.78 is 16.4. The Morgan fingerprint density at radius 3 is 2.62 bits per heavy atom. The van der Waals surface area contributed by atoms with Crippen LogP contribution in [0.25, 0.3) is 10.8 Å². The molecule has 1 amide bonds. The lowest BCUT2D eigenvalue weighted by Crippen LogP contribution is -2.38. The molecule has 4 rings (SSSR count). The Hall–Kier alpha value is -3.06. The molecular weight excluding hydrogens is 372 g/mol. The number of nitrogens with zero attached hydrogens (tertiary/aromatic N) is 1. The predicted octanol–water partition coefficient (Wildman–Crippen LogP) is 3.45. The van der Waals surface area contributed by atoms with E-state index >= 15 is 0 Å². The van der Waals surface area contributed by atoms with Gasteiger partial charge in [0.2, 0.25) is 5.89 Å². The summed E-state index contributed by atoms with van der Waals surface area (Å²) in [6.45, 7) is 0.123. The van der Waals surface area contributed by atoms with Crippen molar-refractivity contribution in [1.29, 1.82) is 0 Å². The van der Waals surface area contributed by atoms with E-state index in [-0.39, 0.29) is 30.4 Å². The molecule has 1 heterocycles. The van der Waals surface area contributed by atoms with Gasteiger partial charge in [-0.2, -0.15) is 0 Å². The number of rotatable bonds is 6. The Labute approximate surface area is 168 Å². The monoisotopic (exact) mass is 396 g/mol. The molecule has 2 N–H and O–H groups in total. The Kier molecular flexibility index (Phi) is 5.67. The summed E-state index contributed by atoms with van der Waals surface area (Å²) in [5.74, 6) is 1.53. The SMILES string of the molecule is COc1ccc2ccc(OCc3nc(C(=O)NC4CCC(O)CC4)co3)cc2c1. The number of aliphatic hydroxyl groups is 1. The van der Waals surface area contributed by atoms with E-state index < -0.39 is 0 Å². The first-order valence-electron chi connectivity index (χ1n) is 9.74. The van der Waals surface area contributed by atoms with Gasteiger partial charge in [-0.25, -0.2) is 4.98 Å². The van der Waals surface area contributed by atoms with Gasteiger partial charge in [-0.15, -0.1) is 0 Å². The van der Waals surface area contributed by atoms with Crippen LogP contribution in [0.2, 0.25) is 0 Å². The molecule has 0 spiro atoms. The van der Waals surface area contributed by atoms with Crippen LogP contribution in [0.15, 0.2) is 47.1 Å². The van der Waals surface area contributed by atoms with Gasteiger partial charge in [-0.05, 0) is 60.7 Å². The van der Waals surface area contributed by atoms with Crippen molar-refractivity contribution in [2.75, 3.05) is 7.11 Å². The maximum absolute atomic E-state index is 12.3. The molecule has 2 aromatic carbocycles. The summed E-state index contributed by atoms with van der Waals surface area (Å²) in [5.41, 5.74) is 0.234. The number of methoxy groups -OCH3 is 1. The third-order valence-corrected chi connectivity index (χ3v) is 5.20. The number of amides is 1. The van der Waals surface area contributed by atoms with E-state index in [1.807, 2.05) is 36.4 Å². The molecule has 7 heteroatoms. The first-order chi connectivity index (χ1) is 14.1. The molecular formula is C22H24N2O5. The number of hydrogen-bond acceptors (Lipinski definition) is 6. The summed E-state index contributed by atoms with van der Waals surface area (Å²) in [4.78, 5) is 16.6. The second-order valence-electron chi connectivity index (χ2n) is 7.27. The van der Waals surface area contributed by atoms with Gasteiger partial charge in [-0.3, -0.25) is 4.79 Å². The minimum absolute atomic E-state index is 0.0666. The minimum Gasteiger partial charge on any atom is -0.497 e. The number of ether oxygens (including phenoxy) is 2. The number of carbonyl (C=O) groups excluding carboxylic acids is 1. The van der Waals surface area contributed by atoms with E-state index in [2.05, 4.69) is 10.3 Å². The smallest absolute Gasteiger partial charge is 0.273 e. The standard InChI is InChI=1S/C22H24N2O5/c1-27-18-8-2-14-3-9-19(11-15(14)10-18)28-13-21-24-20(12-29-21)22(26)23-16-4-6-17(25)7-5-16/h2-3,8-12,16-17,25H,4-7,13H2,1H3,(H,23,26). The lowest BCUT2D eigenvalue weighted by Gasteiger charge is -2.25. The number of nitrogens with one attached hydrogen (secondary N) is 1. The summed E-state index contributed by atoms with van der Waals surface area (Å²) in [7, 11) is 1.63. The van der Waals surface area contributed by atoms with Crippen LogP contribution in [0.5, 0.6) is 11.5 Å². The van der Waals surface area contributed by atoms with E-state index in [0.29, 0.717) is 24.5 Å². The molecule has 3 aromatic rings. The highest BCUT2D eigenvalue weighted by molar-refractivity contribution is 5.92. The quantitative estimate of drug-likeness (QED) is 0.663. The molecule has 0 unspecified atom stereocenters. The molecule has 0 aliphatic heterocycles. The molecule has 0 atom stereocenters. The van der Waals surface area contributed by atoms with Crippen molar-refractivity contribution in [2.24, 2.45) is 0 Å². The van der Waals surface area contributed by atoms with Crippen LogP contribution in [0.1, 0.15) is 42.1 Å². The molecule has 0 bridgehead atoms. The van der Waals surface area contributed by atoms with Crippen molar-refractivity contribution in [3.05, 3.63) is 54.2 Å². The molecule has 1 aliphatic rings. The molecule has 152 valence electrons. The van der Waals surface area contributed by atoms with Crippen molar-refractivity contribution >= 4 is 16.7 Å². The topological polar surface area (TPSA) is 93.8 Å². The van der Waals surface area contributed by atoms with Crippen LogP contribution >= 0.6 is 0 Å². The van der Waals surface area contributed by atoms with Crippen LogP contribution < -0.4 is 14.8 Å². The Bertz CT molecular complexity index is 992. The average Bonchev–Trinajstić information content (AvgIpc) is 3.22. The molecule has 1 aliphatic carbocycles. The van der Waals surface area contributed by atoms with Gasteiger partial charge in [0.15, 0.2) is 12.3 Å². The summed E-state index contributed by atoms with van der Waals surface area (Å²) in [6.07, 6.45) is 4.05. The number of carbonyl (C=O) groups is 1. The maximum Gasteiger partial charge on any atom is 0.273 e. The zero-order chi connectivity index (χ0) is 20.2. The number of benzene rings is 2. The van der Waals surface area contributed by atoms with Crippen LogP contribution in [-0.2, 0) is 6.61 Å². The molecule has 1 fully saturated rings. The fourth-order valence-electron chi connectivity index (χ4n) is 3.53. The summed E-state index contributed by atoms with van der Waals surface area (Å²) in [5, 5.41) is 14.6. The normalized spacial score (nSPS) is 19.1. The lowest BCUT2D eigenvalue weighted by atomic mass is 9.93. The molecule has 1 aromatic heterocycles. The average molecular weight is 396 g/mol. The molecule has 0 radical (unpaired) electrons. The lowest BCUT2D eigenvalue weighted by molar-refractivity contribution is 0.0863. The van der Waals surface area contributed by atoms with E-state index in [1.165, 1.54) is 6.26 Å². The Balaban J connectivity index is 1.35. The van der Waals surface area contributed by atoms with Crippen LogP contribution in [0.3, 0.4) is 0 Å². The van der Waals surface area contributed by atoms with Crippen molar-refractivity contribution in [3.8, 4) is 11.5 Å². The van der Waals surface area contributed by atoms with E-state index in [0.717, 1.165) is 29.4 Å². The second-order valence-corrected chi connectivity index (χ2v) is 7.27. The first kappa shape index (κ1) is 19.3. The van der Waals surface area contributed by atoms with Gasteiger partial charge >= 0.3 is 0 Å². The maximum atomic E-state index is 12.3. The number of oxazole rings is 1. The van der Waals surface area contributed by atoms with Gasteiger partial charge < -0.3 is 24.3 Å². The zero-order valence-corrected chi connectivity index (χ0v) is 16.3. The van der Waals surface area contributed by atoms with Gasteiger partial charge in [0.05, 0.1) is 13.2 Å². The highest BCUT2D eigenvalue weighted by Crippen LogP contribution is 2.25. The Morgan fingerprint density at radius 1 is 1.14 bits per heavy atom. The molecule has 29 heavy (non-hydrogen) atoms. The van der Waals surface area contributed by atoms with E-state index in [9.17, 15) is 9.90 Å². The highest BCUT2D eigenvalue weighted by atomic mass is 16.5. The van der Waals surface area contributed by atoms with Gasteiger partial charge in [0, 0.05) is 6.04 Å². The van der Waals surface area contributed by atoms with Gasteiger partial charge in [0.1, 0.15) is 17.8 Å². The number of hydrogen-bond donors (Lipinski definition) is 2. The fraction of sp³-hybridized carbons (Fsp3) is 0.364. The zero-order valence-electron chi connectivity index (χ0n) is 16.3. The van der Waals surface area contributed by atoms with Crippen molar-refractivity contribution in [1.82, 2.24) is 10.3 Å². The second kappa shape index (κ2) is 8.53. The fourth-order valence-corrected chi connectivity index (χ4v) is 3.53. The third-order valence-electron chi connectivity index (χ3n) is 5.20. The van der Waals surface area contributed by atoms with Gasteiger partial charge in [0.25, 0.3) is 5.91 Å². The van der Waals surface area contributed by atoms with Crippen molar-refractivity contribution < 1.29 is 23.8 Å². The van der Waals surface area contributed by atoms with Crippen LogP contribution in [0, 0.1) is 0 Å². The van der Waals surface area contributed by atoms with Crippen molar-refractivity contribution in [2.45, 2.75) is 44.4 Å². The highest BCUT2D eigenvalue weighted by Gasteiger charge is 2.22. The minimum atomic E-state index is -0.265. The predicted molar refractivity (Wildman–Crippen MR) is 107 cm³/mol. The third kappa shape index (κ3) is 4.68. The van der Waals surface area contributed by atoms with Gasteiger partial charge in [-0.1, -0.05) is 12.1 Å². The van der Waals surface area contributed by atoms with Crippen LogP contribution in [0.4, 0.5) is 0 Å². The number of aliphatic hydroxyl groups excluding tert-OH is 1. The molecule has 1 saturated carbocycles. The summed E-state index contributed by atoms with van der Waals surface area (Å²) >= 11 is 0. The number of aromatic nitrogens is 1. The van der Waals surface area contributed by atoms with Crippen LogP contribution in [-0.4, -0.2) is 35.3 Å². The van der Waals surface area contributed by atoms with E-state index in [1.54, 1.807) is 7.11 Å². The van der Waals surface area contributed by atoms with E-state index in [4.69, 9.17) is 13.9 Å². The number of fused-ring (bicyclic) bond motifs is 1. The molecule has 0 saturated heterocycles. The largest absolute Gasteiger partial charge is 0.497 e.